The number of H-pyrrole nitrogens is 1. The van der Waals surface area contributed by atoms with Gasteiger partial charge in [0.05, 0.1) is 17.6 Å². The van der Waals surface area contributed by atoms with Crippen LogP contribution in [0.1, 0.15) is 5.82 Å². The molecule has 4 aromatic rings. The van der Waals surface area contributed by atoms with E-state index in [1.165, 1.54) is 0 Å². The van der Waals surface area contributed by atoms with Crippen LogP contribution in [0.5, 0.6) is 0 Å². The maximum Gasteiger partial charge on any atom is 0.258 e. The molecule has 0 spiro atoms. The van der Waals surface area contributed by atoms with Crippen molar-refractivity contribution >= 4 is 34.2 Å². The lowest BCUT2D eigenvalue weighted by molar-refractivity contribution is 0.873. The second-order valence-corrected chi connectivity index (χ2v) is 5.65. The lowest BCUT2D eigenvalue weighted by Gasteiger charge is -2.05. The Morgan fingerprint density at radius 2 is 1.88 bits per heavy atom. The summed E-state index contributed by atoms with van der Waals surface area (Å²) in [5.41, 5.74) is 9.52. The van der Waals surface area contributed by atoms with Crippen LogP contribution in [0.4, 0.5) is 0 Å². The normalized spacial score (nSPS) is 10.9. The van der Waals surface area contributed by atoms with Crippen molar-refractivity contribution in [2.24, 2.45) is 12.8 Å². The third kappa shape index (κ3) is 2.58. The van der Waals surface area contributed by atoms with E-state index >= 15 is 0 Å². The quantitative estimate of drug-likeness (QED) is 0.589. The number of nitrogens with one attached hydrogen (secondary N) is 1. The first-order valence-electron chi connectivity index (χ1n) is 7.44. The molecule has 3 N–H and O–H groups in total. The second-order valence-electron chi connectivity index (χ2n) is 5.65. The zero-order chi connectivity index (χ0) is 16.0. The summed E-state index contributed by atoms with van der Waals surface area (Å²) < 4.78 is 1.59. The van der Waals surface area contributed by atoms with E-state index in [2.05, 4.69) is 9.97 Å². The van der Waals surface area contributed by atoms with Crippen LogP contribution in [-0.2, 0) is 13.6 Å². The number of nitrogens with zero attached hydrogens (tertiary/aromatic N) is 2. The molecule has 0 saturated heterocycles. The van der Waals surface area contributed by atoms with Crippen molar-refractivity contribution in [3.63, 3.8) is 0 Å². The van der Waals surface area contributed by atoms with E-state index in [9.17, 15) is 4.79 Å². The molecule has 0 radical (unpaired) electrons. The van der Waals surface area contributed by atoms with Crippen LogP contribution >= 0.6 is 12.4 Å². The molecule has 5 nitrogen and oxygen atoms in total. The highest BCUT2D eigenvalue weighted by Crippen LogP contribution is 2.25. The molecule has 24 heavy (non-hydrogen) atoms. The summed E-state index contributed by atoms with van der Waals surface area (Å²) >= 11 is 0. The Morgan fingerprint density at radius 3 is 2.67 bits per heavy atom. The van der Waals surface area contributed by atoms with E-state index in [1.54, 1.807) is 17.8 Å². The van der Waals surface area contributed by atoms with Gasteiger partial charge in [-0.1, -0.05) is 18.2 Å². The molecule has 122 valence electrons. The number of nitrogens with two attached hydrogens (primary N) is 1. The molecule has 0 atom stereocenters. The number of hydrogen-bond acceptors (Lipinski definition) is 3. The van der Waals surface area contributed by atoms with Crippen molar-refractivity contribution in [3.05, 3.63) is 64.8 Å². The number of imidazole rings is 1. The Bertz CT molecular complexity index is 1100. The molecule has 0 aliphatic rings. The Kier molecular flexibility index (Phi) is 4.13. The summed E-state index contributed by atoms with van der Waals surface area (Å²) in [6.45, 7) is 0.385. The molecule has 6 heteroatoms. The average molecular weight is 341 g/mol. The Hall–Kier alpha value is -2.63. The standard InChI is InChI=1S/C18H16N4O.ClH/c1-22-7-6-11-2-3-12(8-14(11)18(22)23)13-4-5-15-16(9-13)21-17(10-19)20-15;/h2-9H,10,19H2,1H3,(H,20,21);1H. The highest BCUT2D eigenvalue weighted by atomic mass is 35.5. The fourth-order valence-corrected chi connectivity index (χ4v) is 2.85. The van der Waals surface area contributed by atoms with Gasteiger partial charge in [-0.15, -0.1) is 12.4 Å². The number of rotatable bonds is 2. The van der Waals surface area contributed by atoms with E-state index < -0.39 is 0 Å². The number of halogens is 1. The van der Waals surface area contributed by atoms with Crippen LogP contribution in [0.3, 0.4) is 0 Å². The van der Waals surface area contributed by atoms with Crippen LogP contribution in [0.2, 0.25) is 0 Å². The van der Waals surface area contributed by atoms with Gasteiger partial charge in [0, 0.05) is 18.6 Å². The van der Waals surface area contributed by atoms with Crippen molar-refractivity contribution < 1.29 is 0 Å². The first-order valence-corrected chi connectivity index (χ1v) is 7.44. The van der Waals surface area contributed by atoms with E-state index in [-0.39, 0.29) is 18.0 Å². The smallest absolute Gasteiger partial charge is 0.258 e. The van der Waals surface area contributed by atoms with Gasteiger partial charge in [0.1, 0.15) is 5.82 Å². The van der Waals surface area contributed by atoms with Crippen LogP contribution in [0, 0.1) is 0 Å². The molecule has 2 heterocycles. The Balaban J connectivity index is 0.00000169. The van der Waals surface area contributed by atoms with Gasteiger partial charge < -0.3 is 15.3 Å². The third-order valence-electron chi connectivity index (χ3n) is 4.14. The summed E-state index contributed by atoms with van der Waals surface area (Å²) in [5.74, 6) is 0.768. The number of benzene rings is 2. The summed E-state index contributed by atoms with van der Waals surface area (Å²) in [6, 6.07) is 13.9. The second kappa shape index (κ2) is 6.11. The highest BCUT2D eigenvalue weighted by molar-refractivity contribution is 5.89. The predicted octanol–water partition coefficient (Wildman–Crippen LogP) is 2.96. The van der Waals surface area contributed by atoms with E-state index in [4.69, 9.17) is 5.73 Å². The molecule has 0 bridgehead atoms. The number of aromatic nitrogens is 3. The van der Waals surface area contributed by atoms with Gasteiger partial charge in [-0.25, -0.2) is 4.98 Å². The van der Waals surface area contributed by atoms with Crippen molar-refractivity contribution in [3.8, 4) is 11.1 Å². The molecule has 0 fully saturated rings. The zero-order valence-corrected chi connectivity index (χ0v) is 13.9. The van der Waals surface area contributed by atoms with Crippen molar-refractivity contribution in [2.45, 2.75) is 6.54 Å². The Morgan fingerprint density at radius 1 is 1.12 bits per heavy atom. The van der Waals surface area contributed by atoms with E-state index in [0.29, 0.717) is 6.54 Å². The minimum Gasteiger partial charge on any atom is -0.341 e. The lowest BCUT2D eigenvalue weighted by Crippen LogP contribution is -2.15. The SMILES string of the molecule is Cl.Cn1ccc2ccc(-c3ccc4nc(CN)[nH]c4c3)cc2c1=O. The zero-order valence-electron chi connectivity index (χ0n) is 13.1. The molecule has 2 aromatic carbocycles. The molecule has 0 aliphatic carbocycles. The van der Waals surface area contributed by atoms with Gasteiger partial charge in [0.15, 0.2) is 0 Å². The molecule has 2 aromatic heterocycles. The molecule has 0 aliphatic heterocycles. The molecule has 0 amide bonds. The maximum atomic E-state index is 12.3. The molecular weight excluding hydrogens is 324 g/mol. The fraction of sp³-hybridized carbons (Fsp3) is 0.111. The topological polar surface area (TPSA) is 76.7 Å². The van der Waals surface area contributed by atoms with Crippen LogP contribution in [0.25, 0.3) is 32.9 Å². The minimum atomic E-state index is 0. The van der Waals surface area contributed by atoms with Crippen molar-refractivity contribution in [1.82, 2.24) is 14.5 Å². The molecular formula is C18H17ClN4O. The van der Waals surface area contributed by atoms with Crippen molar-refractivity contribution in [2.75, 3.05) is 0 Å². The van der Waals surface area contributed by atoms with Crippen LogP contribution < -0.4 is 11.3 Å². The van der Waals surface area contributed by atoms with Crippen LogP contribution in [0.15, 0.2) is 53.5 Å². The summed E-state index contributed by atoms with van der Waals surface area (Å²) in [5, 5.41) is 1.67. The van der Waals surface area contributed by atoms with Gasteiger partial charge in [0.25, 0.3) is 5.56 Å². The number of hydrogen-bond donors (Lipinski definition) is 2. The van der Waals surface area contributed by atoms with Crippen LogP contribution in [-0.4, -0.2) is 14.5 Å². The highest BCUT2D eigenvalue weighted by Gasteiger charge is 2.07. The Labute approximate surface area is 144 Å². The van der Waals surface area contributed by atoms with Gasteiger partial charge in [0.2, 0.25) is 0 Å². The number of aromatic amines is 1. The minimum absolute atomic E-state index is 0. The summed E-state index contributed by atoms with van der Waals surface area (Å²) in [7, 11) is 1.76. The largest absolute Gasteiger partial charge is 0.341 e. The number of aryl methyl sites for hydroxylation is 1. The van der Waals surface area contributed by atoms with E-state index in [1.807, 2.05) is 42.5 Å². The predicted molar refractivity (Wildman–Crippen MR) is 99.4 cm³/mol. The maximum absolute atomic E-state index is 12.3. The van der Waals surface area contributed by atoms with Gasteiger partial charge >= 0.3 is 0 Å². The van der Waals surface area contributed by atoms with Gasteiger partial charge in [-0.2, -0.15) is 0 Å². The molecule has 0 unspecified atom stereocenters. The summed E-state index contributed by atoms with van der Waals surface area (Å²) in [6.07, 6.45) is 1.79. The summed E-state index contributed by atoms with van der Waals surface area (Å²) in [4.78, 5) is 19.9. The van der Waals surface area contributed by atoms with Gasteiger partial charge in [-0.05, 0) is 40.8 Å². The lowest BCUT2D eigenvalue weighted by atomic mass is 10.0. The third-order valence-corrected chi connectivity index (χ3v) is 4.14. The average Bonchev–Trinajstić information content (AvgIpc) is 3.00. The van der Waals surface area contributed by atoms with Crippen molar-refractivity contribution in [1.29, 1.82) is 0 Å². The van der Waals surface area contributed by atoms with E-state index in [0.717, 1.165) is 38.8 Å². The number of pyridine rings is 1. The monoisotopic (exact) mass is 340 g/mol. The fourth-order valence-electron chi connectivity index (χ4n) is 2.85. The molecule has 0 saturated carbocycles. The van der Waals surface area contributed by atoms with Gasteiger partial charge in [-0.3, -0.25) is 4.79 Å². The first kappa shape index (κ1) is 16.2. The number of fused-ring (bicyclic) bond motifs is 2. The molecule has 4 rings (SSSR count). The first-order chi connectivity index (χ1) is 11.2.